The summed E-state index contributed by atoms with van der Waals surface area (Å²) in [5.74, 6) is 0.704. The first kappa shape index (κ1) is 22.0. The Morgan fingerprint density at radius 3 is 3.00 bits per heavy atom. The second-order valence-electron chi connectivity index (χ2n) is 8.22. The van der Waals surface area contributed by atoms with Crippen molar-refractivity contribution in [1.82, 2.24) is 19.8 Å². The molecule has 0 unspecified atom stereocenters. The predicted octanol–water partition coefficient (Wildman–Crippen LogP) is 3.20. The number of anilines is 1. The molecule has 2 aliphatic rings. The minimum absolute atomic E-state index is 0.0387. The van der Waals surface area contributed by atoms with Crippen molar-refractivity contribution in [3.63, 3.8) is 0 Å². The molecule has 0 saturated carbocycles. The summed E-state index contributed by atoms with van der Waals surface area (Å²) in [6.45, 7) is 4.99. The maximum absolute atomic E-state index is 13.1. The van der Waals surface area contributed by atoms with Gasteiger partial charge >= 0.3 is 12.0 Å². The summed E-state index contributed by atoms with van der Waals surface area (Å²) in [5, 5.41) is 3.37. The normalized spacial score (nSPS) is 16.5. The van der Waals surface area contributed by atoms with Crippen LogP contribution in [0.25, 0.3) is 0 Å². The van der Waals surface area contributed by atoms with Crippen LogP contribution in [0.2, 0.25) is 0 Å². The van der Waals surface area contributed by atoms with E-state index in [2.05, 4.69) is 22.4 Å². The van der Waals surface area contributed by atoms with Crippen molar-refractivity contribution in [2.45, 2.75) is 45.1 Å². The number of aryl methyl sites for hydroxylation is 2. The molecule has 1 saturated heterocycles. The minimum atomic E-state index is -0.367. The number of esters is 1. The molecule has 2 aromatic heterocycles. The number of nitrogens with zero attached hydrogens (tertiary/aromatic N) is 4. The summed E-state index contributed by atoms with van der Waals surface area (Å²) in [5.41, 5.74) is 3.19. The third-order valence-electron chi connectivity index (χ3n) is 6.05. The van der Waals surface area contributed by atoms with Gasteiger partial charge in [0.05, 0.1) is 19.1 Å². The monoisotopic (exact) mass is 437 g/mol. The number of hydrogen-bond acceptors (Lipinski definition) is 6. The van der Waals surface area contributed by atoms with Crippen molar-refractivity contribution in [3.05, 3.63) is 53.5 Å². The molecule has 0 radical (unpaired) electrons. The number of amides is 2. The van der Waals surface area contributed by atoms with Crippen LogP contribution in [0, 0.1) is 0 Å². The van der Waals surface area contributed by atoms with Crippen LogP contribution in [-0.4, -0.2) is 64.6 Å². The fourth-order valence-corrected chi connectivity index (χ4v) is 4.42. The topological polar surface area (TPSA) is 87.7 Å². The number of aromatic nitrogens is 2. The number of ether oxygens (including phenoxy) is 1. The molecule has 2 aromatic rings. The Hall–Kier alpha value is -3.16. The molecule has 170 valence electrons. The van der Waals surface area contributed by atoms with Crippen molar-refractivity contribution in [1.29, 1.82) is 0 Å². The zero-order valence-electron chi connectivity index (χ0n) is 18.6. The van der Waals surface area contributed by atoms with Gasteiger partial charge in [-0.3, -0.25) is 9.78 Å². The lowest BCUT2D eigenvalue weighted by Crippen LogP contribution is -2.36. The van der Waals surface area contributed by atoms with Crippen molar-refractivity contribution in [2.75, 3.05) is 38.1 Å². The summed E-state index contributed by atoms with van der Waals surface area (Å²) in [6.07, 6.45) is 7.44. The second-order valence-corrected chi connectivity index (χ2v) is 8.22. The van der Waals surface area contributed by atoms with Gasteiger partial charge in [0.2, 0.25) is 0 Å². The molecule has 8 heteroatoms. The number of fused-ring (bicyclic) bond motifs is 1. The van der Waals surface area contributed by atoms with Crippen LogP contribution in [0.3, 0.4) is 0 Å². The van der Waals surface area contributed by atoms with Gasteiger partial charge in [-0.1, -0.05) is 12.1 Å². The highest BCUT2D eigenvalue weighted by Crippen LogP contribution is 2.28. The smallest absolute Gasteiger partial charge is 0.320 e. The number of nitrogens with one attached hydrogen (secondary N) is 1. The average Bonchev–Trinajstić information content (AvgIpc) is 3.18. The van der Waals surface area contributed by atoms with Gasteiger partial charge in [-0.15, -0.1) is 0 Å². The van der Waals surface area contributed by atoms with Crippen LogP contribution in [0.1, 0.15) is 49.0 Å². The van der Waals surface area contributed by atoms with Crippen LogP contribution in [0.4, 0.5) is 10.6 Å². The van der Waals surface area contributed by atoms with Gasteiger partial charge in [-0.2, -0.15) is 0 Å². The van der Waals surface area contributed by atoms with E-state index in [4.69, 9.17) is 9.72 Å². The summed E-state index contributed by atoms with van der Waals surface area (Å²) in [6, 6.07) is 7.59. The summed E-state index contributed by atoms with van der Waals surface area (Å²) >= 11 is 0. The Balaban J connectivity index is 1.36. The first-order valence-corrected chi connectivity index (χ1v) is 11.5. The maximum Gasteiger partial charge on any atom is 0.320 e. The van der Waals surface area contributed by atoms with Crippen molar-refractivity contribution in [2.24, 2.45) is 0 Å². The van der Waals surface area contributed by atoms with Crippen LogP contribution in [0.5, 0.6) is 0 Å². The summed E-state index contributed by atoms with van der Waals surface area (Å²) in [7, 11) is 0. The largest absolute Gasteiger partial charge is 0.466 e. The van der Waals surface area contributed by atoms with Gasteiger partial charge in [-0.25, -0.2) is 9.78 Å². The number of hydrogen-bond donors (Lipinski definition) is 1. The van der Waals surface area contributed by atoms with Crippen molar-refractivity contribution < 1.29 is 14.3 Å². The fourth-order valence-electron chi connectivity index (χ4n) is 4.42. The lowest BCUT2D eigenvalue weighted by atomic mass is 10.0. The Morgan fingerprint density at radius 1 is 1.28 bits per heavy atom. The number of carbonyl (C=O) groups is 2. The standard InChI is InChI=1S/C24H31N5O3/c1-2-32-22(30)16-21(19-7-3-11-25-17-19)29-15-14-28(24(29)31)13-5-8-20-10-9-18-6-4-12-26-23(18)27-20/h3,7,9-11,17,21H,2,4-6,8,12-16H2,1H3,(H,26,27)/t21-/m0/s1. The molecular formula is C24H31N5O3. The van der Waals surface area contributed by atoms with E-state index in [1.165, 1.54) is 5.56 Å². The van der Waals surface area contributed by atoms with Gasteiger partial charge in [0, 0.05) is 44.3 Å². The zero-order chi connectivity index (χ0) is 22.3. The van der Waals surface area contributed by atoms with E-state index in [9.17, 15) is 9.59 Å². The molecule has 8 nitrogen and oxygen atoms in total. The lowest BCUT2D eigenvalue weighted by molar-refractivity contribution is -0.144. The van der Waals surface area contributed by atoms with Gasteiger partial charge in [0.1, 0.15) is 5.82 Å². The predicted molar refractivity (Wildman–Crippen MR) is 121 cm³/mol. The number of urea groups is 1. The molecule has 0 aliphatic carbocycles. The molecule has 0 aromatic carbocycles. The van der Waals surface area contributed by atoms with E-state index in [0.717, 1.165) is 49.3 Å². The van der Waals surface area contributed by atoms with E-state index in [1.807, 2.05) is 17.0 Å². The Bertz CT molecular complexity index is 936. The lowest BCUT2D eigenvalue weighted by Gasteiger charge is -2.27. The molecule has 1 atom stereocenters. The molecule has 4 rings (SSSR count). The number of carbonyl (C=O) groups excluding carboxylic acids is 2. The van der Waals surface area contributed by atoms with Crippen molar-refractivity contribution >= 4 is 17.8 Å². The fraction of sp³-hybridized carbons (Fsp3) is 0.500. The van der Waals surface area contributed by atoms with E-state index in [0.29, 0.717) is 26.2 Å². The van der Waals surface area contributed by atoms with Crippen LogP contribution in [-0.2, 0) is 22.4 Å². The quantitative estimate of drug-likeness (QED) is 0.606. The molecular weight excluding hydrogens is 406 g/mol. The molecule has 2 aliphatic heterocycles. The van der Waals surface area contributed by atoms with Gasteiger partial charge in [-0.05, 0) is 55.9 Å². The van der Waals surface area contributed by atoms with Crippen LogP contribution >= 0.6 is 0 Å². The van der Waals surface area contributed by atoms with E-state index in [1.54, 1.807) is 24.2 Å². The molecule has 4 heterocycles. The third kappa shape index (κ3) is 5.18. The molecule has 1 N–H and O–H groups in total. The first-order valence-electron chi connectivity index (χ1n) is 11.5. The van der Waals surface area contributed by atoms with E-state index in [-0.39, 0.29) is 24.5 Å². The zero-order valence-corrected chi connectivity index (χ0v) is 18.6. The Kier molecular flexibility index (Phi) is 7.19. The Morgan fingerprint density at radius 2 is 2.19 bits per heavy atom. The summed E-state index contributed by atoms with van der Waals surface area (Å²) < 4.78 is 5.15. The van der Waals surface area contributed by atoms with E-state index >= 15 is 0 Å². The number of rotatable bonds is 9. The third-order valence-corrected chi connectivity index (χ3v) is 6.05. The molecule has 0 spiro atoms. The van der Waals surface area contributed by atoms with Crippen molar-refractivity contribution in [3.8, 4) is 0 Å². The highest BCUT2D eigenvalue weighted by Gasteiger charge is 2.35. The van der Waals surface area contributed by atoms with Gasteiger partial charge in [0.15, 0.2) is 0 Å². The van der Waals surface area contributed by atoms with Crippen LogP contribution < -0.4 is 5.32 Å². The minimum Gasteiger partial charge on any atom is -0.466 e. The number of pyridine rings is 2. The van der Waals surface area contributed by atoms with Gasteiger partial charge < -0.3 is 19.9 Å². The maximum atomic E-state index is 13.1. The second kappa shape index (κ2) is 10.4. The highest BCUT2D eigenvalue weighted by molar-refractivity contribution is 5.78. The van der Waals surface area contributed by atoms with E-state index < -0.39 is 0 Å². The first-order chi connectivity index (χ1) is 15.7. The SMILES string of the molecule is CCOC(=O)C[C@@H](c1cccnc1)N1CCN(CCCc2ccc3c(n2)NCCC3)C1=O. The molecule has 1 fully saturated rings. The molecule has 32 heavy (non-hydrogen) atoms. The van der Waals surface area contributed by atoms with Gasteiger partial charge in [0.25, 0.3) is 0 Å². The highest BCUT2D eigenvalue weighted by atomic mass is 16.5. The summed E-state index contributed by atoms with van der Waals surface area (Å²) in [4.78, 5) is 37.9. The average molecular weight is 438 g/mol. The molecule has 2 amide bonds. The Labute approximate surface area is 189 Å². The van der Waals surface area contributed by atoms with Crippen LogP contribution in [0.15, 0.2) is 36.7 Å². The molecule has 0 bridgehead atoms.